The lowest BCUT2D eigenvalue weighted by Gasteiger charge is -2.36. The number of nitrogens with zero attached hydrogens (tertiary/aromatic N) is 1. The Kier molecular flexibility index (Phi) is 7.07. The first-order valence-corrected chi connectivity index (χ1v) is 11.5. The number of aliphatic hydroxyl groups excluding tert-OH is 1. The van der Waals surface area contributed by atoms with Gasteiger partial charge < -0.3 is 20.3 Å². The number of ketones is 1. The average molecular weight is 510 g/mol. The minimum atomic E-state index is -4.57. The molecule has 2 aliphatic rings. The zero-order chi connectivity index (χ0) is 26.1. The van der Waals surface area contributed by atoms with Gasteiger partial charge in [-0.3, -0.25) is 14.6 Å². The van der Waals surface area contributed by atoms with Gasteiger partial charge in [-0.15, -0.1) is 0 Å². The second kappa shape index (κ2) is 9.78. The molecule has 36 heavy (non-hydrogen) atoms. The molecule has 2 fully saturated rings. The minimum absolute atomic E-state index is 0.0331. The predicted octanol–water partition coefficient (Wildman–Crippen LogP) is 3.15. The van der Waals surface area contributed by atoms with E-state index in [1.165, 1.54) is 24.4 Å². The number of phenols is 1. The first-order valence-electron chi connectivity index (χ1n) is 11.5. The largest absolute Gasteiger partial charge is 0.508 e. The van der Waals surface area contributed by atoms with Crippen molar-refractivity contribution in [3.05, 3.63) is 58.7 Å². The number of phenolic OH excluding ortho intramolecular Hbond substituents is 1. The van der Waals surface area contributed by atoms with Crippen LogP contribution in [0.4, 0.5) is 17.6 Å². The van der Waals surface area contributed by atoms with Crippen LogP contribution in [0.3, 0.4) is 0 Å². The van der Waals surface area contributed by atoms with Crippen LogP contribution in [-0.2, 0) is 27.8 Å². The molecule has 1 aromatic heterocycles. The molecule has 2 aromatic rings. The number of aliphatic hydroxyl groups is 1. The summed E-state index contributed by atoms with van der Waals surface area (Å²) >= 11 is 0. The van der Waals surface area contributed by atoms with Gasteiger partial charge in [0.25, 0.3) is 5.91 Å². The topological polar surface area (TPSA) is 109 Å². The molecule has 0 bridgehead atoms. The molecule has 0 atom stereocenters. The standard InChI is InChI=1S/C25H26F4N2O5/c26-19-13-18(23(14-32)4-7-36-8-5-23)21(34)12-16(19)11-17(33)9-15-1-6-30-20(10-15)22(35)31-24(2-3-24)25(27,28)29/h1,6,10,12-13,32,34H,2-5,7-9,11,14H2,(H,31,35). The maximum atomic E-state index is 14.9. The fourth-order valence-corrected chi connectivity index (χ4v) is 4.54. The molecule has 1 aliphatic heterocycles. The summed E-state index contributed by atoms with van der Waals surface area (Å²) in [5.41, 5.74) is -2.75. The van der Waals surface area contributed by atoms with E-state index >= 15 is 0 Å². The zero-order valence-corrected chi connectivity index (χ0v) is 19.3. The van der Waals surface area contributed by atoms with Crippen molar-refractivity contribution in [3.8, 4) is 5.75 Å². The molecule has 1 saturated carbocycles. The highest BCUT2D eigenvalue weighted by atomic mass is 19.4. The predicted molar refractivity (Wildman–Crippen MR) is 119 cm³/mol. The number of alkyl halides is 3. The lowest BCUT2D eigenvalue weighted by Crippen LogP contribution is -2.48. The molecular weight excluding hydrogens is 484 g/mol. The molecule has 7 nitrogen and oxygen atoms in total. The van der Waals surface area contributed by atoms with Crippen LogP contribution in [0.25, 0.3) is 0 Å². The molecule has 2 heterocycles. The van der Waals surface area contributed by atoms with Crippen molar-refractivity contribution < 1.29 is 42.1 Å². The van der Waals surface area contributed by atoms with Crippen LogP contribution < -0.4 is 5.32 Å². The minimum Gasteiger partial charge on any atom is -0.508 e. The van der Waals surface area contributed by atoms with E-state index in [1.54, 1.807) is 0 Å². The van der Waals surface area contributed by atoms with Gasteiger partial charge in [0, 0.05) is 43.2 Å². The third-order valence-electron chi connectivity index (χ3n) is 6.98. The number of Topliss-reactive ketones (excluding diaryl/α,β-unsaturated/α-hetero) is 1. The highest BCUT2D eigenvalue weighted by molar-refractivity contribution is 5.93. The van der Waals surface area contributed by atoms with Crippen molar-refractivity contribution in [2.75, 3.05) is 19.8 Å². The van der Waals surface area contributed by atoms with Crippen LogP contribution >= 0.6 is 0 Å². The lowest BCUT2D eigenvalue weighted by molar-refractivity contribution is -0.163. The molecule has 3 N–H and O–H groups in total. The maximum Gasteiger partial charge on any atom is 0.411 e. The van der Waals surface area contributed by atoms with Crippen molar-refractivity contribution in [3.63, 3.8) is 0 Å². The third kappa shape index (κ3) is 5.22. The summed E-state index contributed by atoms with van der Waals surface area (Å²) in [6, 6.07) is 4.99. The summed E-state index contributed by atoms with van der Waals surface area (Å²) in [4.78, 5) is 28.7. The van der Waals surface area contributed by atoms with Crippen molar-refractivity contribution in [2.45, 2.75) is 55.7 Å². The second-order valence-corrected chi connectivity index (χ2v) is 9.49. The Morgan fingerprint density at radius 3 is 2.39 bits per heavy atom. The Labute approximate surface area is 204 Å². The molecular formula is C25H26F4N2O5. The maximum absolute atomic E-state index is 14.9. The Bertz CT molecular complexity index is 1160. The van der Waals surface area contributed by atoms with Crippen molar-refractivity contribution in [2.24, 2.45) is 0 Å². The zero-order valence-electron chi connectivity index (χ0n) is 19.3. The van der Waals surface area contributed by atoms with Crippen LogP contribution in [0.15, 0.2) is 30.5 Å². The van der Waals surface area contributed by atoms with Gasteiger partial charge in [0.2, 0.25) is 0 Å². The molecule has 4 rings (SSSR count). The van der Waals surface area contributed by atoms with Gasteiger partial charge in [0.15, 0.2) is 0 Å². The number of pyridine rings is 1. The number of carbonyl (C=O) groups excluding carboxylic acids is 2. The highest BCUT2D eigenvalue weighted by Crippen LogP contribution is 2.49. The molecule has 1 aromatic carbocycles. The average Bonchev–Trinajstić information content (AvgIpc) is 3.62. The summed E-state index contributed by atoms with van der Waals surface area (Å²) in [6.45, 7) is 0.444. The molecule has 194 valence electrons. The van der Waals surface area contributed by atoms with Gasteiger partial charge in [-0.2, -0.15) is 13.2 Å². The van der Waals surface area contributed by atoms with E-state index in [0.29, 0.717) is 31.6 Å². The Balaban J connectivity index is 1.44. The number of hydrogen-bond donors (Lipinski definition) is 3. The fraction of sp³-hybridized carbons (Fsp3) is 0.480. The van der Waals surface area contributed by atoms with E-state index in [9.17, 15) is 37.4 Å². The molecule has 1 amide bonds. The summed E-state index contributed by atoms with van der Waals surface area (Å²) in [6.07, 6.45) is -3.50. The molecule has 0 spiro atoms. The van der Waals surface area contributed by atoms with Crippen molar-refractivity contribution >= 4 is 11.7 Å². The van der Waals surface area contributed by atoms with Gasteiger partial charge in [0.1, 0.15) is 28.6 Å². The Morgan fingerprint density at radius 2 is 1.78 bits per heavy atom. The summed E-state index contributed by atoms with van der Waals surface area (Å²) < 4.78 is 59.5. The van der Waals surface area contributed by atoms with Crippen LogP contribution in [0.1, 0.15) is 52.9 Å². The SMILES string of the molecule is O=C(Cc1ccnc(C(=O)NC2(C(F)(F)F)CC2)c1)Cc1cc(O)c(C2(CO)CCOCC2)cc1F. The van der Waals surface area contributed by atoms with E-state index in [-0.39, 0.29) is 54.9 Å². The second-order valence-electron chi connectivity index (χ2n) is 9.49. The quantitative estimate of drug-likeness (QED) is 0.471. The highest BCUT2D eigenvalue weighted by Gasteiger charge is 2.64. The first-order chi connectivity index (χ1) is 17.0. The number of amides is 1. The molecule has 0 unspecified atom stereocenters. The van der Waals surface area contributed by atoms with Crippen molar-refractivity contribution in [1.82, 2.24) is 10.3 Å². The summed E-state index contributed by atoms with van der Waals surface area (Å²) in [7, 11) is 0. The van der Waals surface area contributed by atoms with Gasteiger partial charge in [-0.1, -0.05) is 0 Å². The molecule has 0 radical (unpaired) electrons. The number of halogens is 4. The first kappa shape index (κ1) is 26.0. The van der Waals surface area contributed by atoms with E-state index in [0.717, 1.165) is 6.07 Å². The third-order valence-corrected chi connectivity index (χ3v) is 6.98. The van der Waals surface area contributed by atoms with Crippen LogP contribution in [0.5, 0.6) is 5.75 Å². The van der Waals surface area contributed by atoms with E-state index in [4.69, 9.17) is 4.74 Å². The van der Waals surface area contributed by atoms with Crippen molar-refractivity contribution in [1.29, 1.82) is 0 Å². The number of rotatable bonds is 8. The van der Waals surface area contributed by atoms with Gasteiger partial charge in [-0.25, -0.2) is 4.39 Å². The Hall–Kier alpha value is -3.05. The smallest absolute Gasteiger partial charge is 0.411 e. The number of nitrogens with one attached hydrogen (secondary N) is 1. The van der Waals surface area contributed by atoms with E-state index < -0.39 is 34.6 Å². The van der Waals surface area contributed by atoms with Gasteiger partial charge in [-0.05, 0) is 61.1 Å². The number of benzene rings is 1. The molecule has 11 heteroatoms. The number of carbonyl (C=O) groups is 2. The molecule has 1 aliphatic carbocycles. The monoisotopic (exact) mass is 510 g/mol. The van der Waals surface area contributed by atoms with Crippen LogP contribution in [0, 0.1) is 5.82 Å². The summed E-state index contributed by atoms with van der Waals surface area (Å²) in [5.74, 6) is -2.35. The van der Waals surface area contributed by atoms with Crippen LogP contribution in [-0.4, -0.2) is 58.4 Å². The number of hydrogen-bond acceptors (Lipinski definition) is 6. The lowest BCUT2D eigenvalue weighted by atomic mass is 9.74. The number of aromatic hydroxyl groups is 1. The fourth-order valence-electron chi connectivity index (χ4n) is 4.54. The Morgan fingerprint density at radius 1 is 1.08 bits per heavy atom. The van der Waals surface area contributed by atoms with E-state index in [1.807, 2.05) is 5.32 Å². The van der Waals surface area contributed by atoms with Gasteiger partial charge in [0.05, 0.1) is 6.61 Å². The van der Waals surface area contributed by atoms with E-state index in [2.05, 4.69) is 4.98 Å². The number of ether oxygens (including phenoxy) is 1. The van der Waals surface area contributed by atoms with Crippen LogP contribution in [0.2, 0.25) is 0 Å². The van der Waals surface area contributed by atoms with Gasteiger partial charge >= 0.3 is 6.18 Å². The normalized spacial score (nSPS) is 18.5. The molecule has 1 saturated heterocycles. The summed E-state index contributed by atoms with van der Waals surface area (Å²) in [5, 5.41) is 22.5. The number of aromatic nitrogens is 1.